The third kappa shape index (κ3) is 2.61. The summed E-state index contributed by atoms with van der Waals surface area (Å²) < 4.78 is 67.3. The van der Waals surface area contributed by atoms with Crippen LogP contribution < -0.4 is 0 Å². The van der Waals surface area contributed by atoms with Crippen LogP contribution in [0.1, 0.15) is 16.1 Å². The van der Waals surface area contributed by atoms with E-state index >= 15 is 0 Å². The zero-order chi connectivity index (χ0) is 15.8. The van der Waals surface area contributed by atoms with Gasteiger partial charge in [0.25, 0.3) is 0 Å². The maximum Gasteiger partial charge on any atom is 0.417 e. The van der Waals surface area contributed by atoms with E-state index in [1.807, 2.05) is 0 Å². The highest BCUT2D eigenvalue weighted by Gasteiger charge is 2.39. The molecule has 0 saturated carbocycles. The summed E-state index contributed by atoms with van der Waals surface area (Å²) in [4.78, 5) is 8.83. The van der Waals surface area contributed by atoms with Gasteiger partial charge in [-0.25, -0.2) is 13.2 Å². The molecular formula is C11H6F3NO5S. The van der Waals surface area contributed by atoms with Crippen LogP contribution in [0.2, 0.25) is 0 Å². The second kappa shape index (κ2) is 4.88. The van der Waals surface area contributed by atoms with Crippen LogP contribution in [0.3, 0.4) is 0 Å². The maximum atomic E-state index is 12.9. The monoisotopic (exact) mass is 321 g/mol. The van der Waals surface area contributed by atoms with Crippen molar-refractivity contribution in [2.75, 3.05) is 0 Å². The summed E-state index contributed by atoms with van der Waals surface area (Å²) in [5.41, 5.74) is -2.38. The topological polar surface area (TPSA) is 97.5 Å². The Kier molecular flexibility index (Phi) is 3.49. The van der Waals surface area contributed by atoms with E-state index in [-0.39, 0.29) is 0 Å². The fourth-order valence-corrected chi connectivity index (χ4v) is 3.13. The van der Waals surface area contributed by atoms with Crippen molar-refractivity contribution >= 4 is 15.8 Å². The summed E-state index contributed by atoms with van der Waals surface area (Å²) >= 11 is 0. The molecule has 0 aliphatic carbocycles. The second-order valence-electron chi connectivity index (χ2n) is 3.83. The first-order valence-electron chi connectivity index (χ1n) is 5.24. The number of alkyl halides is 3. The van der Waals surface area contributed by atoms with Crippen LogP contribution in [0, 0.1) is 0 Å². The number of hydrogen-bond acceptors (Lipinski definition) is 5. The molecule has 2 rings (SSSR count). The van der Waals surface area contributed by atoms with Gasteiger partial charge in [0.15, 0.2) is 0 Å². The molecule has 10 heteroatoms. The van der Waals surface area contributed by atoms with Gasteiger partial charge in [-0.1, -0.05) is 17.3 Å². The third-order valence-electron chi connectivity index (χ3n) is 2.51. The number of rotatable bonds is 3. The zero-order valence-electron chi connectivity index (χ0n) is 9.96. The molecule has 0 radical (unpaired) electrons. The van der Waals surface area contributed by atoms with Gasteiger partial charge in [0.05, 0.1) is 10.5 Å². The molecule has 0 saturated heterocycles. The lowest BCUT2D eigenvalue weighted by Crippen LogP contribution is -2.15. The molecule has 21 heavy (non-hydrogen) atoms. The van der Waals surface area contributed by atoms with Crippen molar-refractivity contribution in [2.45, 2.75) is 16.0 Å². The van der Waals surface area contributed by atoms with Crippen molar-refractivity contribution in [3.05, 3.63) is 41.8 Å². The number of carboxylic acids is 1. The van der Waals surface area contributed by atoms with Crippen molar-refractivity contribution in [1.82, 2.24) is 5.16 Å². The van der Waals surface area contributed by atoms with Crippen LogP contribution in [0.4, 0.5) is 13.2 Å². The van der Waals surface area contributed by atoms with Crippen molar-refractivity contribution in [2.24, 2.45) is 0 Å². The fourth-order valence-electron chi connectivity index (χ4n) is 1.62. The molecular weight excluding hydrogens is 315 g/mol. The molecule has 0 fully saturated rings. The number of hydrogen-bond donors (Lipinski definition) is 1. The first kappa shape index (κ1) is 15.0. The minimum Gasteiger partial charge on any atom is -0.476 e. The molecule has 1 N–H and O–H groups in total. The van der Waals surface area contributed by atoms with E-state index in [4.69, 9.17) is 5.11 Å². The molecule has 112 valence electrons. The molecule has 1 aromatic carbocycles. The lowest BCUT2D eigenvalue weighted by Gasteiger charge is -2.12. The van der Waals surface area contributed by atoms with Crippen LogP contribution in [0.25, 0.3) is 0 Å². The first-order valence-corrected chi connectivity index (χ1v) is 6.73. The number of carboxylic acid groups (broad SMARTS) is 1. The Morgan fingerprint density at radius 3 is 2.38 bits per heavy atom. The Morgan fingerprint density at radius 1 is 1.19 bits per heavy atom. The molecule has 0 unspecified atom stereocenters. The van der Waals surface area contributed by atoms with Crippen molar-refractivity contribution < 1.29 is 36.0 Å². The largest absolute Gasteiger partial charge is 0.476 e. The summed E-state index contributed by atoms with van der Waals surface area (Å²) in [6.45, 7) is 0. The average Bonchev–Trinajstić information content (AvgIpc) is 2.88. The quantitative estimate of drug-likeness (QED) is 0.931. The zero-order valence-corrected chi connectivity index (χ0v) is 10.8. The van der Waals surface area contributed by atoms with E-state index in [1.165, 1.54) is 0 Å². The number of aromatic carboxylic acids is 1. The Hall–Kier alpha value is -2.36. The highest BCUT2D eigenvalue weighted by molar-refractivity contribution is 7.91. The van der Waals surface area contributed by atoms with Crippen LogP contribution in [-0.2, 0) is 16.0 Å². The average molecular weight is 321 g/mol. The Balaban J connectivity index is 2.72. The van der Waals surface area contributed by atoms with Crippen LogP contribution >= 0.6 is 0 Å². The number of nitrogens with zero attached hydrogens (tertiary/aromatic N) is 1. The van der Waals surface area contributed by atoms with Crippen LogP contribution in [0.15, 0.2) is 44.8 Å². The van der Waals surface area contributed by atoms with Gasteiger partial charge in [0, 0.05) is 0 Å². The molecule has 0 bridgehead atoms. The van der Waals surface area contributed by atoms with E-state index in [9.17, 15) is 26.4 Å². The minimum absolute atomic E-state index is 0.478. The lowest BCUT2D eigenvalue weighted by atomic mass is 10.2. The molecule has 0 amide bonds. The molecule has 0 spiro atoms. The van der Waals surface area contributed by atoms with Gasteiger partial charge in [-0.05, 0) is 12.1 Å². The van der Waals surface area contributed by atoms with Gasteiger partial charge in [-0.2, -0.15) is 13.2 Å². The van der Waals surface area contributed by atoms with Crippen molar-refractivity contribution in [3.8, 4) is 0 Å². The fraction of sp³-hybridized carbons (Fsp3) is 0.0909. The van der Waals surface area contributed by atoms with Crippen LogP contribution in [0.5, 0.6) is 0 Å². The summed E-state index contributed by atoms with van der Waals surface area (Å²) in [5.74, 6) is -1.73. The van der Waals surface area contributed by atoms with E-state index < -0.39 is 43.0 Å². The predicted molar refractivity (Wildman–Crippen MR) is 60.4 cm³/mol. The van der Waals surface area contributed by atoms with Gasteiger partial charge in [-0.15, -0.1) is 0 Å². The molecule has 0 aliphatic rings. The molecule has 1 heterocycles. The van der Waals surface area contributed by atoms with Crippen LogP contribution in [-0.4, -0.2) is 24.7 Å². The van der Waals surface area contributed by atoms with Gasteiger partial charge in [0.1, 0.15) is 11.2 Å². The molecule has 0 aliphatic heterocycles. The highest BCUT2D eigenvalue weighted by atomic mass is 32.2. The number of halogens is 3. The maximum absolute atomic E-state index is 12.9. The number of aromatic nitrogens is 1. The lowest BCUT2D eigenvalue weighted by molar-refractivity contribution is -0.139. The summed E-state index contributed by atoms with van der Waals surface area (Å²) in [6, 6.07) is 3.43. The summed E-state index contributed by atoms with van der Waals surface area (Å²) in [6.07, 6.45) is -4.43. The van der Waals surface area contributed by atoms with E-state index in [0.29, 0.717) is 12.3 Å². The van der Waals surface area contributed by atoms with Gasteiger partial charge >= 0.3 is 12.1 Å². The Bertz CT molecular complexity index is 794. The number of sulfone groups is 1. The predicted octanol–water partition coefficient (Wildman–Crippen LogP) is 2.22. The highest BCUT2D eigenvalue weighted by Crippen LogP contribution is 2.36. The van der Waals surface area contributed by atoms with Gasteiger partial charge in [0.2, 0.25) is 15.5 Å². The number of benzene rings is 1. The molecule has 6 nitrogen and oxygen atoms in total. The number of carbonyl (C=O) groups is 1. The Morgan fingerprint density at radius 2 is 1.81 bits per heavy atom. The molecule has 1 aromatic heterocycles. The van der Waals surface area contributed by atoms with Gasteiger partial charge < -0.3 is 9.63 Å². The SMILES string of the molecule is O=C(O)c1nocc1S(=O)(=O)c1ccccc1C(F)(F)F. The third-order valence-corrected chi connectivity index (χ3v) is 4.31. The van der Waals surface area contributed by atoms with Crippen molar-refractivity contribution in [1.29, 1.82) is 0 Å². The first-order chi connectivity index (χ1) is 9.65. The second-order valence-corrected chi connectivity index (χ2v) is 5.72. The molecule has 0 atom stereocenters. The Labute approximate surface area is 115 Å². The summed E-state index contributed by atoms with van der Waals surface area (Å²) in [5, 5.41) is 11.7. The minimum atomic E-state index is -4.91. The van der Waals surface area contributed by atoms with E-state index in [2.05, 4.69) is 9.68 Å². The van der Waals surface area contributed by atoms with Crippen molar-refractivity contribution in [3.63, 3.8) is 0 Å². The van der Waals surface area contributed by atoms with Gasteiger partial charge in [-0.3, -0.25) is 0 Å². The smallest absolute Gasteiger partial charge is 0.417 e. The molecule has 2 aromatic rings. The standard InChI is InChI=1S/C11H6F3NO5S/c12-11(13,14)6-3-1-2-4-7(6)21(18,19)8-5-20-15-9(8)10(16)17/h1-5H,(H,16,17). The van der Waals surface area contributed by atoms with E-state index in [1.54, 1.807) is 0 Å². The summed E-state index contributed by atoms with van der Waals surface area (Å²) in [7, 11) is -4.74. The van der Waals surface area contributed by atoms with E-state index in [0.717, 1.165) is 18.2 Å². The normalized spacial score (nSPS) is 12.3.